The van der Waals surface area contributed by atoms with Gasteiger partial charge >= 0.3 is 0 Å². The van der Waals surface area contributed by atoms with Crippen molar-refractivity contribution in [2.24, 2.45) is 5.92 Å². The molecule has 1 unspecified atom stereocenters. The lowest BCUT2D eigenvalue weighted by Crippen LogP contribution is -2.47. The monoisotopic (exact) mass is 345 g/mol. The number of nitrogens with zero attached hydrogens (tertiary/aromatic N) is 2. The van der Waals surface area contributed by atoms with Crippen molar-refractivity contribution >= 4 is 24.2 Å². The van der Waals surface area contributed by atoms with Gasteiger partial charge in [-0.3, -0.25) is 9.59 Å². The minimum absolute atomic E-state index is 0. The molecule has 1 atom stereocenters. The fourth-order valence-electron chi connectivity index (χ4n) is 3.71. The first-order valence-electron chi connectivity index (χ1n) is 8.96. The summed E-state index contributed by atoms with van der Waals surface area (Å²) in [5, 5.41) is 3.36. The highest BCUT2D eigenvalue weighted by atomic mass is 35.5. The molecule has 2 amide bonds. The van der Waals surface area contributed by atoms with Gasteiger partial charge in [0, 0.05) is 26.1 Å². The number of piperidine rings is 1. The molecule has 2 fully saturated rings. The van der Waals surface area contributed by atoms with Gasteiger partial charge in [-0.2, -0.15) is 0 Å². The van der Waals surface area contributed by atoms with E-state index in [1.807, 2.05) is 23.6 Å². The van der Waals surface area contributed by atoms with E-state index >= 15 is 0 Å². The maximum absolute atomic E-state index is 12.6. The van der Waals surface area contributed by atoms with Crippen LogP contribution in [0.25, 0.3) is 0 Å². The number of carbonyl (C=O) groups excluding carboxylic acids is 2. The topological polar surface area (TPSA) is 52.7 Å². The molecule has 0 saturated carbocycles. The molecule has 134 valence electrons. The Balaban J connectivity index is 0.00000264. The lowest BCUT2D eigenvalue weighted by atomic mass is 9.93. The third kappa shape index (κ3) is 5.35. The molecule has 5 nitrogen and oxygen atoms in total. The molecule has 0 aromatic rings. The van der Waals surface area contributed by atoms with E-state index in [0.717, 1.165) is 52.0 Å². The minimum atomic E-state index is -0.208. The SMILES string of the molecule is CCN(CC)C(=O)C1CCCN1C(=O)CCC1CCNCC1.Cl. The third-order valence-electron chi connectivity index (χ3n) is 5.16. The summed E-state index contributed by atoms with van der Waals surface area (Å²) < 4.78 is 0. The van der Waals surface area contributed by atoms with Gasteiger partial charge in [-0.25, -0.2) is 0 Å². The predicted octanol–water partition coefficient (Wildman–Crippen LogP) is 2.05. The van der Waals surface area contributed by atoms with Gasteiger partial charge in [0.05, 0.1) is 0 Å². The number of carbonyl (C=O) groups is 2. The summed E-state index contributed by atoms with van der Waals surface area (Å²) in [6, 6.07) is -0.208. The summed E-state index contributed by atoms with van der Waals surface area (Å²) in [6.07, 6.45) is 5.71. The largest absolute Gasteiger partial charge is 0.341 e. The van der Waals surface area contributed by atoms with Crippen LogP contribution in [0, 0.1) is 5.92 Å². The molecule has 2 saturated heterocycles. The average molecular weight is 346 g/mol. The van der Waals surface area contributed by atoms with Gasteiger partial charge in [-0.05, 0) is 65.0 Å². The Morgan fingerprint density at radius 1 is 1.13 bits per heavy atom. The highest BCUT2D eigenvalue weighted by molar-refractivity contribution is 5.88. The third-order valence-corrected chi connectivity index (χ3v) is 5.16. The maximum atomic E-state index is 12.6. The summed E-state index contributed by atoms with van der Waals surface area (Å²) in [4.78, 5) is 28.8. The molecular weight excluding hydrogens is 314 g/mol. The average Bonchev–Trinajstić information content (AvgIpc) is 3.04. The van der Waals surface area contributed by atoms with Crippen LogP contribution in [0.2, 0.25) is 0 Å². The molecule has 2 heterocycles. The van der Waals surface area contributed by atoms with Crippen LogP contribution >= 0.6 is 12.4 Å². The second-order valence-electron chi connectivity index (χ2n) is 6.49. The van der Waals surface area contributed by atoms with E-state index in [1.54, 1.807) is 0 Å². The highest BCUT2D eigenvalue weighted by Crippen LogP contribution is 2.23. The highest BCUT2D eigenvalue weighted by Gasteiger charge is 2.35. The Morgan fingerprint density at radius 2 is 1.78 bits per heavy atom. The van der Waals surface area contributed by atoms with Crippen molar-refractivity contribution in [3.05, 3.63) is 0 Å². The lowest BCUT2D eigenvalue weighted by Gasteiger charge is -2.30. The second-order valence-corrected chi connectivity index (χ2v) is 6.49. The summed E-state index contributed by atoms with van der Waals surface area (Å²) in [5.41, 5.74) is 0. The van der Waals surface area contributed by atoms with E-state index in [1.165, 1.54) is 12.8 Å². The molecule has 0 spiro atoms. The van der Waals surface area contributed by atoms with Gasteiger partial charge in [-0.15, -0.1) is 12.4 Å². The van der Waals surface area contributed by atoms with Crippen LogP contribution < -0.4 is 5.32 Å². The van der Waals surface area contributed by atoms with Crippen molar-refractivity contribution in [3.63, 3.8) is 0 Å². The molecular formula is C17H32ClN3O2. The van der Waals surface area contributed by atoms with E-state index in [0.29, 0.717) is 12.3 Å². The second kappa shape index (κ2) is 10.1. The first-order valence-corrected chi connectivity index (χ1v) is 8.96. The molecule has 2 rings (SSSR count). The van der Waals surface area contributed by atoms with Gasteiger partial charge in [0.1, 0.15) is 6.04 Å². The zero-order valence-corrected chi connectivity index (χ0v) is 15.4. The number of nitrogens with one attached hydrogen (secondary N) is 1. The molecule has 6 heteroatoms. The molecule has 2 aliphatic rings. The number of likely N-dealkylation sites (N-methyl/N-ethyl adjacent to an activating group) is 1. The fraction of sp³-hybridized carbons (Fsp3) is 0.882. The van der Waals surface area contributed by atoms with Crippen molar-refractivity contribution in [2.75, 3.05) is 32.7 Å². The van der Waals surface area contributed by atoms with Crippen molar-refractivity contribution in [3.8, 4) is 0 Å². The van der Waals surface area contributed by atoms with Gasteiger partial charge in [-0.1, -0.05) is 0 Å². The standard InChI is InChI=1S/C17H31N3O2.ClH/c1-3-19(4-2)17(22)15-6-5-13-20(15)16(21)8-7-14-9-11-18-12-10-14;/h14-15,18H,3-13H2,1-2H3;1H. The summed E-state index contributed by atoms with van der Waals surface area (Å²) in [6.45, 7) is 8.35. The smallest absolute Gasteiger partial charge is 0.245 e. The van der Waals surface area contributed by atoms with Crippen LogP contribution in [0.3, 0.4) is 0 Å². The van der Waals surface area contributed by atoms with Crippen LogP contribution in [0.15, 0.2) is 0 Å². The first kappa shape index (κ1) is 20.2. The van der Waals surface area contributed by atoms with Gasteiger partial charge in [0.25, 0.3) is 0 Å². The Hall–Kier alpha value is -0.810. The summed E-state index contributed by atoms with van der Waals surface area (Å²) in [5.74, 6) is 0.990. The van der Waals surface area contributed by atoms with Crippen LogP contribution in [0.1, 0.15) is 52.4 Å². The van der Waals surface area contributed by atoms with E-state index in [9.17, 15) is 9.59 Å². The molecule has 0 radical (unpaired) electrons. The molecule has 0 aromatic carbocycles. The van der Waals surface area contributed by atoms with Crippen molar-refractivity contribution in [2.45, 2.75) is 58.4 Å². The van der Waals surface area contributed by atoms with Crippen LogP contribution in [0.4, 0.5) is 0 Å². The molecule has 2 aliphatic heterocycles. The number of likely N-dealkylation sites (tertiary alicyclic amines) is 1. The maximum Gasteiger partial charge on any atom is 0.245 e. The van der Waals surface area contributed by atoms with Crippen LogP contribution in [0.5, 0.6) is 0 Å². The first-order chi connectivity index (χ1) is 10.7. The zero-order chi connectivity index (χ0) is 15.9. The van der Waals surface area contributed by atoms with E-state index in [2.05, 4.69) is 5.32 Å². The number of hydrogen-bond donors (Lipinski definition) is 1. The fourth-order valence-corrected chi connectivity index (χ4v) is 3.71. The zero-order valence-electron chi connectivity index (χ0n) is 14.6. The lowest BCUT2D eigenvalue weighted by molar-refractivity contribution is -0.143. The van der Waals surface area contributed by atoms with E-state index < -0.39 is 0 Å². The Labute approximate surface area is 146 Å². The molecule has 1 N–H and O–H groups in total. The quantitative estimate of drug-likeness (QED) is 0.801. The number of halogens is 1. The van der Waals surface area contributed by atoms with Crippen molar-refractivity contribution in [1.29, 1.82) is 0 Å². The van der Waals surface area contributed by atoms with Gasteiger partial charge < -0.3 is 15.1 Å². The molecule has 23 heavy (non-hydrogen) atoms. The van der Waals surface area contributed by atoms with E-state index in [-0.39, 0.29) is 30.3 Å². The molecule has 0 bridgehead atoms. The predicted molar refractivity (Wildman–Crippen MR) is 94.7 cm³/mol. The van der Waals surface area contributed by atoms with E-state index in [4.69, 9.17) is 0 Å². The van der Waals surface area contributed by atoms with Gasteiger partial charge in [0.2, 0.25) is 11.8 Å². The number of rotatable bonds is 6. The summed E-state index contributed by atoms with van der Waals surface area (Å²) in [7, 11) is 0. The minimum Gasteiger partial charge on any atom is -0.341 e. The van der Waals surface area contributed by atoms with Crippen LogP contribution in [-0.4, -0.2) is 60.4 Å². The Morgan fingerprint density at radius 3 is 2.39 bits per heavy atom. The Kier molecular flexibility index (Phi) is 8.92. The normalized spacial score (nSPS) is 21.8. The Bertz CT molecular complexity index is 382. The van der Waals surface area contributed by atoms with Crippen molar-refractivity contribution in [1.82, 2.24) is 15.1 Å². The molecule has 0 aliphatic carbocycles. The number of hydrogen-bond acceptors (Lipinski definition) is 3. The molecule has 0 aromatic heterocycles. The number of amides is 2. The van der Waals surface area contributed by atoms with Crippen LogP contribution in [-0.2, 0) is 9.59 Å². The van der Waals surface area contributed by atoms with Gasteiger partial charge in [0.15, 0.2) is 0 Å². The summed E-state index contributed by atoms with van der Waals surface area (Å²) >= 11 is 0. The van der Waals surface area contributed by atoms with Crippen molar-refractivity contribution < 1.29 is 9.59 Å².